The van der Waals surface area contributed by atoms with E-state index in [2.05, 4.69) is 5.16 Å². The summed E-state index contributed by atoms with van der Waals surface area (Å²) in [5.74, 6) is -1.09. The van der Waals surface area contributed by atoms with E-state index in [4.69, 9.17) is 15.7 Å². The van der Waals surface area contributed by atoms with E-state index < -0.39 is 33.4 Å². The van der Waals surface area contributed by atoms with Gasteiger partial charge >= 0.3 is 6.18 Å². The molecule has 3 unspecified atom stereocenters. The van der Waals surface area contributed by atoms with Crippen molar-refractivity contribution < 1.29 is 36.3 Å². The summed E-state index contributed by atoms with van der Waals surface area (Å²) in [6.07, 6.45) is -5.31. The van der Waals surface area contributed by atoms with Crippen LogP contribution in [0.25, 0.3) is 0 Å². The zero-order valence-electron chi connectivity index (χ0n) is 15.6. The summed E-state index contributed by atoms with van der Waals surface area (Å²) in [5.41, 5.74) is 4.77. The Hall–Kier alpha value is -2.50. The monoisotopic (exact) mass is 435 g/mol. The average molecular weight is 435 g/mol. The molecule has 3 atom stereocenters. The SMILES string of the molecule is CC(Oc1ccc(S(C)(=O)=O)cc1C(=O)N1CC2CC2(C(N)=NO)C1)C(F)(F)F. The van der Waals surface area contributed by atoms with Gasteiger partial charge in [-0.25, -0.2) is 8.42 Å². The highest BCUT2D eigenvalue weighted by molar-refractivity contribution is 7.90. The largest absolute Gasteiger partial charge is 0.480 e. The van der Waals surface area contributed by atoms with Crippen LogP contribution in [0.5, 0.6) is 5.75 Å². The number of carbonyl (C=O) groups excluding carboxylic acids is 1. The number of likely N-dealkylation sites (tertiary alicyclic amines) is 1. The lowest BCUT2D eigenvalue weighted by molar-refractivity contribution is -0.189. The van der Waals surface area contributed by atoms with Gasteiger partial charge in [-0.3, -0.25) is 4.79 Å². The first-order chi connectivity index (χ1) is 13.3. The fourth-order valence-corrected chi connectivity index (χ4v) is 4.22. The molecule has 0 spiro atoms. The molecule has 12 heteroatoms. The highest BCUT2D eigenvalue weighted by Gasteiger charge is 2.64. The minimum atomic E-state index is -4.67. The Morgan fingerprint density at radius 3 is 2.66 bits per heavy atom. The molecule has 1 saturated carbocycles. The third kappa shape index (κ3) is 3.85. The number of piperidine rings is 1. The minimum Gasteiger partial charge on any atom is -0.480 e. The van der Waals surface area contributed by atoms with Gasteiger partial charge < -0.3 is 20.6 Å². The molecule has 3 N–H and O–H groups in total. The third-order valence-electron chi connectivity index (χ3n) is 5.43. The van der Waals surface area contributed by atoms with Crippen molar-refractivity contribution >= 4 is 21.6 Å². The van der Waals surface area contributed by atoms with Gasteiger partial charge in [-0.05, 0) is 37.5 Å². The summed E-state index contributed by atoms with van der Waals surface area (Å²) in [4.78, 5) is 14.2. The number of alkyl halides is 3. The first-order valence-corrected chi connectivity index (χ1v) is 10.5. The van der Waals surface area contributed by atoms with Crippen molar-refractivity contribution in [2.75, 3.05) is 19.3 Å². The second-order valence-corrected chi connectivity index (χ2v) is 9.48. The Morgan fingerprint density at radius 1 is 1.45 bits per heavy atom. The van der Waals surface area contributed by atoms with Gasteiger partial charge in [-0.2, -0.15) is 13.2 Å². The Kier molecular flexibility index (Phi) is 4.96. The molecule has 1 saturated heterocycles. The van der Waals surface area contributed by atoms with Crippen LogP contribution in [-0.2, 0) is 9.84 Å². The van der Waals surface area contributed by atoms with Gasteiger partial charge in [0.2, 0.25) is 0 Å². The van der Waals surface area contributed by atoms with Crippen molar-refractivity contribution in [2.45, 2.75) is 30.5 Å². The molecular formula is C17H20F3N3O5S. The molecule has 1 amide bonds. The average Bonchev–Trinajstić information content (AvgIpc) is 3.20. The predicted molar refractivity (Wildman–Crippen MR) is 95.5 cm³/mol. The molecule has 2 aliphatic rings. The third-order valence-corrected chi connectivity index (χ3v) is 6.54. The van der Waals surface area contributed by atoms with Crippen molar-refractivity contribution in [1.29, 1.82) is 0 Å². The number of nitrogens with zero attached hydrogens (tertiary/aromatic N) is 2. The number of ether oxygens (including phenoxy) is 1. The Balaban J connectivity index is 1.95. The molecule has 8 nitrogen and oxygen atoms in total. The van der Waals surface area contributed by atoms with Gasteiger partial charge in [-0.15, -0.1) is 0 Å². The van der Waals surface area contributed by atoms with E-state index in [1.807, 2.05) is 0 Å². The van der Waals surface area contributed by atoms with Crippen molar-refractivity contribution in [1.82, 2.24) is 4.90 Å². The van der Waals surface area contributed by atoms with Gasteiger partial charge in [-0.1, -0.05) is 5.16 Å². The Bertz CT molecular complexity index is 979. The number of nitrogens with two attached hydrogens (primary N) is 1. The molecule has 0 radical (unpaired) electrons. The molecule has 1 aromatic carbocycles. The number of halogens is 3. The highest BCUT2D eigenvalue weighted by atomic mass is 32.2. The van der Waals surface area contributed by atoms with E-state index in [-0.39, 0.29) is 41.1 Å². The number of fused-ring (bicyclic) bond motifs is 1. The van der Waals surface area contributed by atoms with E-state index in [1.54, 1.807) is 0 Å². The normalized spacial score (nSPS) is 25.5. The number of oxime groups is 1. The van der Waals surface area contributed by atoms with E-state index in [0.717, 1.165) is 31.4 Å². The zero-order chi connectivity index (χ0) is 21.8. The molecule has 160 valence electrons. The molecule has 29 heavy (non-hydrogen) atoms. The van der Waals surface area contributed by atoms with Crippen molar-refractivity contribution in [3.05, 3.63) is 23.8 Å². The number of hydrogen-bond donors (Lipinski definition) is 2. The first kappa shape index (κ1) is 21.2. The number of carbonyl (C=O) groups is 1. The fourth-order valence-electron chi connectivity index (χ4n) is 3.57. The van der Waals surface area contributed by atoms with Crippen LogP contribution < -0.4 is 10.5 Å². The van der Waals surface area contributed by atoms with E-state index >= 15 is 0 Å². The van der Waals surface area contributed by atoms with Crippen LogP contribution in [0.4, 0.5) is 13.2 Å². The van der Waals surface area contributed by atoms with Crippen molar-refractivity contribution in [2.24, 2.45) is 22.2 Å². The highest BCUT2D eigenvalue weighted by Crippen LogP contribution is 2.58. The summed E-state index contributed by atoms with van der Waals surface area (Å²) in [7, 11) is -3.71. The standard InChI is InChI=1S/C17H20F3N3O5S/c1-9(17(18,19)20)28-13-4-3-11(29(2,26)27)5-12(13)14(24)23-7-10-6-16(10,8-23)15(21)22-25/h3-5,9-10,25H,6-8H2,1-2H3,(H2,21,22). The van der Waals surface area contributed by atoms with E-state index in [0.29, 0.717) is 6.42 Å². The maximum Gasteiger partial charge on any atom is 0.425 e. The smallest absolute Gasteiger partial charge is 0.425 e. The molecule has 3 rings (SSSR count). The summed E-state index contributed by atoms with van der Waals surface area (Å²) in [6.45, 7) is 1.16. The number of sulfone groups is 1. The van der Waals surface area contributed by atoms with Crippen LogP contribution in [0.15, 0.2) is 28.3 Å². The lowest BCUT2D eigenvalue weighted by atomic mass is 10.1. The lowest BCUT2D eigenvalue weighted by Crippen LogP contribution is -2.37. The maximum absolute atomic E-state index is 13.0. The fraction of sp³-hybridized carbons (Fsp3) is 0.529. The minimum absolute atomic E-state index is 0.00939. The lowest BCUT2D eigenvalue weighted by Gasteiger charge is -2.24. The molecule has 2 fully saturated rings. The predicted octanol–water partition coefficient (Wildman–Crippen LogP) is 1.63. The van der Waals surface area contributed by atoms with Crippen LogP contribution in [0, 0.1) is 11.3 Å². The Labute approximate surface area is 165 Å². The molecule has 1 aliphatic heterocycles. The second kappa shape index (κ2) is 6.78. The van der Waals surface area contributed by atoms with Gasteiger partial charge in [0.15, 0.2) is 15.9 Å². The summed E-state index contributed by atoms with van der Waals surface area (Å²) in [5, 5.41) is 11.9. The van der Waals surface area contributed by atoms with E-state index in [1.165, 1.54) is 4.90 Å². The topological polar surface area (TPSA) is 122 Å². The number of amides is 1. The Morgan fingerprint density at radius 2 is 2.10 bits per heavy atom. The molecule has 1 heterocycles. The summed E-state index contributed by atoms with van der Waals surface area (Å²) in [6, 6.07) is 3.14. The summed E-state index contributed by atoms with van der Waals surface area (Å²) >= 11 is 0. The summed E-state index contributed by atoms with van der Waals surface area (Å²) < 4.78 is 67.4. The molecule has 1 aromatic rings. The number of hydrogen-bond acceptors (Lipinski definition) is 6. The molecule has 0 bridgehead atoms. The van der Waals surface area contributed by atoms with Crippen LogP contribution in [0.1, 0.15) is 23.7 Å². The second-order valence-electron chi connectivity index (χ2n) is 7.46. The first-order valence-electron chi connectivity index (χ1n) is 8.64. The van der Waals surface area contributed by atoms with E-state index in [9.17, 15) is 26.4 Å². The maximum atomic E-state index is 13.0. The van der Waals surface area contributed by atoms with Gasteiger partial charge in [0.1, 0.15) is 11.6 Å². The quantitative estimate of drug-likeness (QED) is 0.314. The van der Waals surface area contributed by atoms with Gasteiger partial charge in [0.05, 0.1) is 15.9 Å². The van der Waals surface area contributed by atoms with Crippen LogP contribution in [-0.4, -0.2) is 61.9 Å². The number of benzene rings is 1. The van der Waals surface area contributed by atoms with Gasteiger partial charge in [0, 0.05) is 19.3 Å². The molecular weight excluding hydrogens is 415 g/mol. The number of amidine groups is 1. The number of rotatable bonds is 5. The molecule has 0 aromatic heterocycles. The van der Waals surface area contributed by atoms with Gasteiger partial charge in [0.25, 0.3) is 5.91 Å². The van der Waals surface area contributed by atoms with Crippen LogP contribution >= 0.6 is 0 Å². The molecule has 1 aliphatic carbocycles. The van der Waals surface area contributed by atoms with Crippen molar-refractivity contribution in [3.63, 3.8) is 0 Å². The van der Waals surface area contributed by atoms with Crippen LogP contribution in [0.2, 0.25) is 0 Å². The zero-order valence-corrected chi connectivity index (χ0v) is 16.4. The van der Waals surface area contributed by atoms with Crippen molar-refractivity contribution in [3.8, 4) is 5.75 Å². The van der Waals surface area contributed by atoms with Crippen LogP contribution in [0.3, 0.4) is 0 Å².